The molecule has 7 heavy (non-hydrogen) atoms. The fraction of sp³-hybridized carbons (Fsp3) is 1.00. The van der Waals surface area contributed by atoms with Crippen LogP contribution in [0.15, 0.2) is 0 Å². The van der Waals surface area contributed by atoms with Crippen molar-refractivity contribution in [1.29, 1.82) is 0 Å². The third-order valence-corrected chi connectivity index (χ3v) is 0.878. The summed E-state index contributed by atoms with van der Waals surface area (Å²) < 4.78 is 0. The molecule has 0 aliphatic carbocycles. The van der Waals surface area contributed by atoms with Crippen LogP contribution in [-0.4, -0.2) is 23.3 Å². The van der Waals surface area contributed by atoms with Gasteiger partial charge < -0.3 is 5.21 Å². The summed E-state index contributed by atoms with van der Waals surface area (Å²) in [6.45, 7) is 0.542. The van der Waals surface area contributed by atoms with Gasteiger partial charge in [0.05, 0.1) is 0 Å². The third kappa shape index (κ3) is 1.10. The lowest BCUT2D eigenvalue weighted by atomic mass is 10.5. The molecule has 0 aromatic carbocycles. The minimum atomic E-state index is -1.50. The van der Waals surface area contributed by atoms with Crippen molar-refractivity contribution in [3.63, 3.8) is 0 Å². The second kappa shape index (κ2) is 1.41. The van der Waals surface area contributed by atoms with Crippen LogP contribution in [0, 0.1) is 5.21 Å². The second-order valence-electron chi connectivity index (χ2n) is 1.55. The monoisotopic (exact) mass is 105 g/mol. The Labute approximate surface area is 41.0 Å². The number of hydrogen-bond donors (Lipinski definition) is 1. The first-order valence-electron chi connectivity index (χ1n) is 2.17. The van der Waals surface area contributed by atoms with Gasteiger partial charge in [-0.3, -0.25) is 0 Å². The van der Waals surface area contributed by atoms with Crippen molar-refractivity contribution in [3.8, 4) is 0 Å². The van der Waals surface area contributed by atoms with Crippen LogP contribution in [0.4, 0.5) is 0 Å². The highest BCUT2D eigenvalue weighted by molar-refractivity contribution is 4.34. The summed E-state index contributed by atoms with van der Waals surface area (Å²) in [5.74, 6) is 0. The molecule has 1 heterocycles. The molecule has 1 aliphatic heterocycles. The van der Waals surface area contributed by atoms with E-state index in [2.05, 4.69) is 4.84 Å². The number of hydroxylamine groups is 3. The Balaban J connectivity index is 2.40. The Morgan fingerprint density at radius 1 is 1.71 bits per heavy atom. The highest BCUT2D eigenvalue weighted by Gasteiger charge is 2.21. The van der Waals surface area contributed by atoms with E-state index in [9.17, 15) is 5.21 Å². The molecule has 1 fully saturated rings. The first-order chi connectivity index (χ1) is 3.21. The van der Waals surface area contributed by atoms with Crippen molar-refractivity contribution in [3.05, 3.63) is 5.21 Å². The fourth-order valence-electron chi connectivity index (χ4n) is 0.536. The van der Waals surface area contributed by atoms with Crippen LogP contribution in [-0.2, 0) is 4.84 Å². The molecular weight excluding hydrogens is 98.0 g/mol. The molecule has 0 amide bonds. The average molecular weight is 105 g/mol. The van der Waals surface area contributed by atoms with Gasteiger partial charge >= 0.3 is 0 Å². The zero-order chi connectivity index (χ0) is 5.33. The molecule has 4 nitrogen and oxygen atoms in total. The van der Waals surface area contributed by atoms with Gasteiger partial charge in [-0.25, -0.2) is 0 Å². The van der Waals surface area contributed by atoms with Gasteiger partial charge in [0.2, 0.25) is 0 Å². The molecule has 1 saturated heterocycles. The summed E-state index contributed by atoms with van der Waals surface area (Å²) in [6, 6.07) is 0. The molecule has 42 valence electrons. The molecule has 0 saturated carbocycles. The Kier molecular flexibility index (Phi) is 1.01. The van der Waals surface area contributed by atoms with Gasteiger partial charge in [-0.05, 0) is 0 Å². The topological polar surface area (TPSA) is 52.5 Å². The minimum absolute atomic E-state index is 0.167. The van der Waals surface area contributed by atoms with Crippen molar-refractivity contribution >= 4 is 0 Å². The van der Waals surface area contributed by atoms with Gasteiger partial charge in [0, 0.05) is 6.42 Å². The molecule has 1 rings (SSSR count). The van der Waals surface area contributed by atoms with Crippen LogP contribution in [0.5, 0.6) is 0 Å². The van der Waals surface area contributed by atoms with E-state index in [4.69, 9.17) is 5.21 Å². The molecular formula is C3H7NO3. The molecule has 0 spiro atoms. The number of nitrogens with zero attached hydrogens (tertiary/aromatic N) is 1. The summed E-state index contributed by atoms with van der Waals surface area (Å²) in [6.07, 6.45) is 0.653. The average Bonchev–Trinajstić information content (AvgIpc) is 1.84. The van der Waals surface area contributed by atoms with Crippen LogP contribution in [0.25, 0.3) is 0 Å². The smallest absolute Gasteiger partial charge is 0.144 e. The van der Waals surface area contributed by atoms with Gasteiger partial charge in [-0.15, -0.1) is 0 Å². The molecule has 1 aliphatic rings. The van der Waals surface area contributed by atoms with E-state index in [-0.39, 0.29) is 6.54 Å². The lowest BCUT2D eigenvalue weighted by Crippen LogP contribution is -2.32. The van der Waals surface area contributed by atoms with E-state index in [1.165, 1.54) is 0 Å². The van der Waals surface area contributed by atoms with Gasteiger partial charge in [0.1, 0.15) is 13.2 Å². The maximum Gasteiger partial charge on any atom is 0.144 e. The molecule has 0 radical (unpaired) electrons. The third-order valence-electron chi connectivity index (χ3n) is 0.878. The fourth-order valence-corrected chi connectivity index (χ4v) is 0.536. The molecule has 0 bridgehead atoms. The molecule has 4 heteroatoms. The van der Waals surface area contributed by atoms with Crippen molar-refractivity contribution in [2.45, 2.75) is 6.42 Å². The standard InChI is InChI=1S/C3H7NO3/c5-4(6)2-1-3-7-4/h5H,1-3H2. The Morgan fingerprint density at radius 3 is 2.57 bits per heavy atom. The number of hydrogen-bond acceptors (Lipinski definition) is 3. The highest BCUT2D eigenvalue weighted by Crippen LogP contribution is 2.09. The lowest BCUT2D eigenvalue weighted by Gasteiger charge is -2.22. The molecule has 1 unspecified atom stereocenters. The van der Waals surface area contributed by atoms with Crippen LogP contribution < -0.4 is 0 Å². The van der Waals surface area contributed by atoms with Crippen LogP contribution in [0.2, 0.25) is 0 Å². The summed E-state index contributed by atoms with van der Waals surface area (Å²) in [5, 5.41) is 18.5. The predicted octanol–water partition coefficient (Wildman–Crippen LogP) is 0.0255. The predicted molar refractivity (Wildman–Crippen MR) is 20.8 cm³/mol. The summed E-state index contributed by atoms with van der Waals surface area (Å²) >= 11 is 0. The largest absolute Gasteiger partial charge is 0.564 e. The van der Waals surface area contributed by atoms with Crippen LogP contribution in [0.1, 0.15) is 6.42 Å². The van der Waals surface area contributed by atoms with E-state index in [1.807, 2.05) is 0 Å². The quantitative estimate of drug-likeness (QED) is 0.349. The highest BCUT2D eigenvalue weighted by atomic mass is 17.1. The maximum atomic E-state index is 10.2. The molecule has 0 aromatic heterocycles. The molecule has 1 N–H and O–H groups in total. The van der Waals surface area contributed by atoms with E-state index in [0.29, 0.717) is 13.0 Å². The zero-order valence-corrected chi connectivity index (χ0v) is 3.83. The maximum absolute atomic E-state index is 10.2. The summed E-state index contributed by atoms with van der Waals surface area (Å²) in [7, 11) is 0. The van der Waals surface area contributed by atoms with Crippen molar-refractivity contribution in [2.24, 2.45) is 0 Å². The number of rotatable bonds is 0. The van der Waals surface area contributed by atoms with Gasteiger partial charge in [-0.2, -0.15) is 10.0 Å². The first kappa shape index (κ1) is 4.99. The Hall–Kier alpha value is -0.160. The first-order valence-corrected chi connectivity index (χ1v) is 2.17. The van der Waals surface area contributed by atoms with Gasteiger partial charge in [-0.1, -0.05) is 4.97 Å². The second-order valence-corrected chi connectivity index (χ2v) is 1.55. The van der Waals surface area contributed by atoms with E-state index in [0.717, 1.165) is 0 Å². The number of quaternary nitrogens is 1. The van der Waals surface area contributed by atoms with E-state index < -0.39 is 4.97 Å². The molecule has 1 atom stereocenters. The van der Waals surface area contributed by atoms with E-state index in [1.54, 1.807) is 0 Å². The van der Waals surface area contributed by atoms with Crippen LogP contribution >= 0.6 is 0 Å². The minimum Gasteiger partial charge on any atom is -0.564 e. The van der Waals surface area contributed by atoms with Crippen molar-refractivity contribution in [2.75, 3.05) is 13.2 Å². The van der Waals surface area contributed by atoms with E-state index >= 15 is 0 Å². The summed E-state index contributed by atoms with van der Waals surface area (Å²) in [4.78, 5) is 2.78. The Morgan fingerprint density at radius 2 is 2.43 bits per heavy atom. The lowest BCUT2D eigenvalue weighted by molar-refractivity contribution is -1.20. The van der Waals surface area contributed by atoms with Crippen molar-refractivity contribution in [1.82, 2.24) is 0 Å². The Bertz CT molecular complexity index is 64.6. The SMILES string of the molecule is [O-][N+]1(O)CCCO1. The zero-order valence-electron chi connectivity index (χ0n) is 3.83. The normalized spacial score (nSPS) is 42.0. The van der Waals surface area contributed by atoms with Crippen LogP contribution in [0.3, 0.4) is 0 Å². The van der Waals surface area contributed by atoms with Crippen molar-refractivity contribution < 1.29 is 15.0 Å². The summed E-state index contributed by atoms with van der Waals surface area (Å²) in [5.41, 5.74) is 0. The van der Waals surface area contributed by atoms with Gasteiger partial charge in [0.15, 0.2) is 0 Å². The molecule has 0 aromatic rings. The van der Waals surface area contributed by atoms with Gasteiger partial charge in [0.25, 0.3) is 0 Å².